The van der Waals surface area contributed by atoms with E-state index in [9.17, 15) is 18.0 Å². The van der Waals surface area contributed by atoms with Crippen LogP contribution in [0.2, 0.25) is 0 Å². The van der Waals surface area contributed by atoms with Crippen molar-refractivity contribution in [3.05, 3.63) is 40.7 Å². The number of carbonyl (C=O) groups is 1. The number of carbonyl (C=O) groups excluding carboxylic acids is 1. The standard InChI is InChI=1S/C22H22F3N5OS/c1-12-26-19(29-28-12)14-4-5-16(17(10-14)20-27-18(11-32-20)13-2-3-13)21(31)30-8-6-15(7-9-30)22(23,24)25/h4-5,10-11,13,15H,2-3,6-9H2,1H3,(H,26,28,29). The van der Waals surface area contributed by atoms with Gasteiger partial charge in [0, 0.05) is 41.1 Å². The van der Waals surface area contributed by atoms with Crippen LogP contribution in [-0.2, 0) is 0 Å². The molecule has 1 aliphatic heterocycles. The van der Waals surface area contributed by atoms with E-state index in [1.54, 1.807) is 12.1 Å². The molecule has 32 heavy (non-hydrogen) atoms. The zero-order valence-corrected chi connectivity index (χ0v) is 18.3. The largest absolute Gasteiger partial charge is 0.391 e. The summed E-state index contributed by atoms with van der Waals surface area (Å²) >= 11 is 1.49. The third kappa shape index (κ3) is 4.15. The molecule has 1 amide bonds. The van der Waals surface area contributed by atoms with Gasteiger partial charge in [0.15, 0.2) is 5.82 Å². The summed E-state index contributed by atoms with van der Waals surface area (Å²) in [5.74, 6) is 0.153. The first-order chi connectivity index (χ1) is 15.3. The molecule has 3 aromatic rings. The fourth-order valence-electron chi connectivity index (χ4n) is 4.09. The smallest absolute Gasteiger partial charge is 0.339 e. The highest BCUT2D eigenvalue weighted by molar-refractivity contribution is 7.13. The van der Waals surface area contributed by atoms with Crippen LogP contribution in [0.25, 0.3) is 22.0 Å². The van der Waals surface area contributed by atoms with Crippen LogP contribution >= 0.6 is 11.3 Å². The number of rotatable bonds is 4. The number of aryl methyl sites for hydroxylation is 1. The first-order valence-corrected chi connectivity index (χ1v) is 11.5. The molecular weight excluding hydrogens is 439 g/mol. The van der Waals surface area contributed by atoms with Crippen LogP contribution in [0.3, 0.4) is 0 Å². The van der Waals surface area contributed by atoms with Crippen molar-refractivity contribution in [1.82, 2.24) is 25.1 Å². The molecule has 1 aliphatic carbocycles. The monoisotopic (exact) mass is 461 g/mol. The van der Waals surface area contributed by atoms with Crippen LogP contribution in [0.15, 0.2) is 23.6 Å². The Bertz CT molecular complexity index is 1140. The van der Waals surface area contributed by atoms with Gasteiger partial charge in [0.2, 0.25) is 0 Å². The Morgan fingerprint density at radius 3 is 2.53 bits per heavy atom. The number of amides is 1. The van der Waals surface area contributed by atoms with Gasteiger partial charge in [-0.1, -0.05) is 6.07 Å². The number of thiazole rings is 1. The van der Waals surface area contributed by atoms with Crippen LogP contribution in [0.4, 0.5) is 13.2 Å². The van der Waals surface area contributed by atoms with Crippen molar-refractivity contribution in [1.29, 1.82) is 0 Å². The predicted octanol–water partition coefficient (Wildman–Crippen LogP) is 5.20. The van der Waals surface area contributed by atoms with E-state index in [1.807, 2.05) is 18.4 Å². The van der Waals surface area contributed by atoms with Gasteiger partial charge in [-0.2, -0.15) is 13.2 Å². The molecule has 10 heteroatoms. The predicted molar refractivity (Wildman–Crippen MR) is 114 cm³/mol. The average Bonchev–Trinajstić information content (AvgIpc) is 3.34. The molecule has 2 aliphatic rings. The quantitative estimate of drug-likeness (QED) is 0.580. The highest BCUT2D eigenvalue weighted by Crippen LogP contribution is 2.42. The Morgan fingerprint density at radius 2 is 1.91 bits per heavy atom. The number of hydrogen-bond donors (Lipinski definition) is 1. The number of hydrogen-bond acceptors (Lipinski definition) is 5. The second-order valence-corrected chi connectivity index (χ2v) is 9.34. The van der Waals surface area contributed by atoms with Gasteiger partial charge in [0.05, 0.1) is 11.6 Å². The molecule has 0 radical (unpaired) electrons. The second kappa shape index (κ2) is 7.99. The molecule has 0 atom stereocenters. The molecule has 5 rings (SSSR count). The highest BCUT2D eigenvalue weighted by Gasteiger charge is 2.42. The summed E-state index contributed by atoms with van der Waals surface area (Å²) in [6, 6.07) is 5.37. The maximum atomic E-state index is 13.3. The van der Waals surface area contributed by atoms with Crippen molar-refractivity contribution < 1.29 is 18.0 Å². The number of nitrogens with one attached hydrogen (secondary N) is 1. The maximum Gasteiger partial charge on any atom is 0.391 e. The molecule has 168 valence electrons. The van der Waals surface area contributed by atoms with Gasteiger partial charge in [0.1, 0.15) is 10.8 Å². The molecule has 1 saturated carbocycles. The zero-order chi connectivity index (χ0) is 22.5. The van der Waals surface area contributed by atoms with Gasteiger partial charge in [0.25, 0.3) is 5.91 Å². The molecule has 6 nitrogen and oxygen atoms in total. The van der Waals surface area contributed by atoms with Gasteiger partial charge in [-0.15, -0.1) is 21.5 Å². The van der Waals surface area contributed by atoms with Crippen molar-refractivity contribution in [2.24, 2.45) is 5.92 Å². The lowest BCUT2D eigenvalue weighted by Crippen LogP contribution is -2.42. The number of halogens is 3. The van der Waals surface area contributed by atoms with Crippen LogP contribution in [-0.4, -0.2) is 50.2 Å². The van der Waals surface area contributed by atoms with E-state index in [1.165, 1.54) is 16.2 Å². The van der Waals surface area contributed by atoms with Crippen LogP contribution < -0.4 is 0 Å². The van der Waals surface area contributed by atoms with Crippen molar-refractivity contribution >= 4 is 17.2 Å². The molecule has 1 aromatic carbocycles. The number of aromatic amines is 1. The average molecular weight is 462 g/mol. The first-order valence-electron chi connectivity index (χ1n) is 10.6. The summed E-state index contributed by atoms with van der Waals surface area (Å²) in [4.78, 5) is 22.7. The van der Waals surface area contributed by atoms with Gasteiger partial charge < -0.3 is 9.88 Å². The number of likely N-dealkylation sites (tertiary alicyclic amines) is 1. The number of aromatic nitrogens is 4. The Morgan fingerprint density at radius 1 is 1.16 bits per heavy atom. The van der Waals surface area contributed by atoms with E-state index in [-0.39, 0.29) is 31.8 Å². The minimum Gasteiger partial charge on any atom is -0.339 e. The van der Waals surface area contributed by atoms with Crippen molar-refractivity contribution in [3.63, 3.8) is 0 Å². The Kier molecular flexibility index (Phi) is 5.27. The molecular formula is C22H22F3N5OS. The summed E-state index contributed by atoms with van der Waals surface area (Å²) in [5.41, 5.74) is 2.94. The summed E-state index contributed by atoms with van der Waals surface area (Å²) in [5, 5.41) is 10.9. The minimum atomic E-state index is -4.21. The fourth-order valence-corrected chi connectivity index (χ4v) is 5.02. The van der Waals surface area contributed by atoms with Crippen molar-refractivity contribution in [2.75, 3.05) is 13.1 Å². The first kappa shape index (κ1) is 21.1. The molecule has 3 heterocycles. The summed E-state index contributed by atoms with van der Waals surface area (Å²) < 4.78 is 39.1. The van der Waals surface area contributed by atoms with Gasteiger partial charge >= 0.3 is 6.18 Å². The van der Waals surface area contributed by atoms with E-state index < -0.39 is 12.1 Å². The molecule has 1 saturated heterocycles. The zero-order valence-electron chi connectivity index (χ0n) is 17.4. The van der Waals surface area contributed by atoms with Gasteiger partial charge in [-0.3, -0.25) is 4.79 Å². The third-order valence-electron chi connectivity index (χ3n) is 6.12. The van der Waals surface area contributed by atoms with Crippen LogP contribution in [0.5, 0.6) is 0 Å². The van der Waals surface area contributed by atoms with E-state index in [4.69, 9.17) is 4.98 Å². The third-order valence-corrected chi connectivity index (χ3v) is 7.01. The maximum absolute atomic E-state index is 13.3. The van der Waals surface area contributed by atoms with Gasteiger partial charge in [-0.05, 0) is 44.7 Å². The Labute approximate surface area is 186 Å². The lowest BCUT2D eigenvalue weighted by molar-refractivity contribution is -0.183. The Hall–Kier alpha value is -2.75. The lowest BCUT2D eigenvalue weighted by Gasteiger charge is -2.33. The summed E-state index contributed by atoms with van der Waals surface area (Å²) in [6.07, 6.45) is -2.09. The van der Waals surface area contributed by atoms with E-state index >= 15 is 0 Å². The summed E-state index contributed by atoms with van der Waals surface area (Å²) in [6.45, 7) is 2.00. The van der Waals surface area contributed by atoms with E-state index in [0.717, 1.165) is 29.1 Å². The van der Waals surface area contributed by atoms with E-state index in [2.05, 4.69) is 15.2 Å². The minimum absolute atomic E-state index is 0.0664. The number of H-pyrrole nitrogens is 1. The normalized spacial score (nSPS) is 17.7. The van der Waals surface area contributed by atoms with Crippen LogP contribution in [0.1, 0.15) is 53.5 Å². The molecule has 0 spiro atoms. The number of benzene rings is 1. The molecule has 2 aromatic heterocycles. The molecule has 0 bridgehead atoms. The van der Waals surface area contributed by atoms with Crippen molar-refractivity contribution in [2.45, 2.75) is 44.7 Å². The van der Waals surface area contributed by atoms with E-state index in [0.29, 0.717) is 28.7 Å². The number of nitrogens with zero attached hydrogens (tertiary/aromatic N) is 4. The SMILES string of the molecule is Cc1nnc(-c2ccc(C(=O)N3CCC(C(F)(F)F)CC3)c(-c3nc(C4CC4)cs3)c2)[nH]1. The highest BCUT2D eigenvalue weighted by atomic mass is 32.1. The van der Waals surface area contributed by atoms with Crippen molar-refractivity contribution in [3.8, 4) is 22.0 Å². The number of piperidine rings is 1. The number of alkyl halides is 3. The second-order valence-electron chi connectivity index (χ2n) is 8.48. The topological polar surface area (TPSA) is 74.8 Å². The lowest BCUT2D eigenvalue weighted by atomic mass is 9.95. The summed E-state index contributed by atoms with van der Waals surface area (Å²) in [7, 11) is 0. The van der Waals surface area contributed by atoms with Crippen LogP contribution in [0, 0.1) is 12.8 Å². The Balaban J connectivity index is 1.47. The molecule has 1 N–H and O–H groups in total. The fraction of sp³-hybridized carbons (Fsp3) is 0.455. The van der Waals surface area contributed by atoms with Gasteiger partial charge in [-0.25, -0.2) is 4.98 Å². The molecule has 2 fully saturated rings. The molecule has 0 unspecified atom stereocenters.